The molecule has 1 aromatic heterocycles. The smallest absolute Gasteiger partial charge is 0.293 e. The van der Waals surface area contributed by atoms with Crippen LogP contribution in [0.4, 0.5) is 5.82 Å². The van der Waals surface area contributed by atoms with Crippen LogP contribution in [0.5, 0.6) is 0 Å². The molecule has 7 nitrogen and oxygen atoms in total. The molecule has 1 fully saturated rings. The van der Waals surface area contributed by atoms with Crippen LogP contribution in [0.25, 0.3) is 0 Å². The first-order valence-corrected chi connectivity index (χ1v) is 8.43. The van der Waals surface area contributed by atoms with Crippen molar-refractivity contribution in [1.82, 2.24) is 14.9 Å². The summed E-state index contributed by atoms with van der Waals surface area (Å²) in [5.41, 5.74) is 6.33. The molecule has 2 heterocycles. The molecule has 0 spiro atoms. The summed E-state index contributed by atoms with van der Waals surface area (Å²) in [4.78, 5) is 30.4. The van der Waals surface area contributed by atoms with E-state index in [1.54, 1.807) is 19.4 Å². The molecule has 0 bridgehead atoms. The van der Waals surface area contributed by atoms with E-state index >= 15 is 0 Å². The number of carbonyl (C=O) groups is 1. The van der Waals surface area contributed by atoms with Crippen molar-refractivity contribution in [2.75, 3.05) is 18.0 Å². The van der Waals surface area contributed by atoms with Gasteiger partial charge in [-0.15, -0.1) is 0 Å². The van der Waals surface area contributed by atoms with Crippen molar-refractivity contribution >= 4 is 11.7 Å². The SMILES string of the molecule is Cn1ccnc(N2CCCC(NC(C(N)=O)c3ccccc3)C2)c1=O. The minimum absolute atomic E-state index is 0.0539. The quantitative estimate of drug-likeness (QED) is 0.829. The Hall–Kier alpha value is -2.67. The van der Waals surface area contributed by atoms with E-state index in [4.69, 9.17) is 5.73 Å². The van der Waals surface area contributed by atoms with Gasteiger partial charge in [-0.05, 0) is 18.4 Å². The molecule has 3 rings (SSSR count). The molecule has 0 radical (unpaired) electrons. The number of nitrogens with one attached hydrogen (secondary N) is 1. The molecular weight excluding hydrogens is 318 g/mol. The van der Waals surface area contributed by atoms with Crippen LogP contribution < -0.4 is 21.5 Å². The second-order valence-electron chi connectivity index (χ2n) is 6.36. The van der Waals surface area contributed by atoms with Crippen molar-refractivity contribution < 1.29 is 4.79 Å². The highest BCUT2D eigenvalue weighted by Crippen LogP contribution is 2.19. The second kappa shape index (κ2) is 7.48. The molecule has 2 aromatic rings. The van der Waals surface area contributed by atoms with Crippen molar-refractivity contribution in [3.8, 4) is 0 Å². The van der Waals surface area contributed by atoms with E-state index in [1.807, 2.05) is 35.2 Å². The molecule has 1 aliphatic rings. The zero-order valence-electron chi connectivity index (χ0n) is 14.3. The summed E-state index contributed by atoms with van der Waals surface area (Å²) in [5, 5.41) is 3.35. The topological polar surface area (TPSA) is 93.2 Å². The molecule has 1 aliphatic heterocycles. The van der Waals surface area contributed by atoms with Crippen molar-refractivity contribution in [2.45, 2.75) is 24.9 Å². The zero-order valence-corrected chi connectivity index (χ0v) is 14.3. The Morgan fingerprint density at radius 1 is 1.36 bits per heavy atom. The fourth-order valence-electron chi connectivity index (χ4n) is 3.23. The van der Waals surface area contributed by atoms with Gasteiger partial charge in [-0.3, -0.25) is 14.9 Å². The summed E-state index contributed by atoms with van der Waals surface area (Å²) in [6.07, 6.45) is 5.10. The highest BCUT2D eigenvalue weighted by atomic mass is 16.1. The summed E-state index contributed by atoms with van der Waals surface area (Å²) >= 11 is 0. The molecule has 0 saturated carbocycles. The lowest BCUT2D eigenvalue weighted by Gasteiger charge is -2.35. The van der Waals surface area contributed by atoms with Crippen LogP contribution in [0, 0.1) is 0 Å². The lowest BCUT2D eigenvalue weighted by Crippen LogP contribution is -2.50. The number of benzene rings is 1. The standard InChI is InChI=1S/C18H23N5O2/c1-22-11-9-20-17(18(22)25)23-10-5-8-14(12-23)21-15(16(19)24)13-6-3-2-4-7-13/h2-4,6-7,9,11,14-15,21H,5,8,10,12H2,1H3,(H2,19,24). The molecular formula is C18H23N5O2. The number of nitrogens with zero attached hydrogens (tertiary/aromatic N) is 3. The van der Waals surface area contributed by atoms with E-state index in [-0.39, 0.29) is 11.6 Å². The molecule has 25 heavy (non-hydrogen) atoms. The Bertz CT molecular complexity index is 790. The number of primary amides is 1. The van der Waals surface area contributed by atoms with Crippen LogP contribution in [-0.4, -0.2) is 34.6 Å². The summed E-state index contributed by atoms with van der Waals surface area (Å²) in [6.45, 7) is 1.39. The van der Waals surface area contributed by atoms with Gasteiger partial charge in [0, 0.05) is 38.6 Å². The van der Waals surface area contributed by atoms with E-state index in [0.717, 1.165) is 24.9 Å². The molecule has 2 unspecified atom stereocenters. The Balaban J connectivity index is 1.76. The third kappa shape index (κ3) is 3.88. The highest BCUT2D eigenvalue weighted by molar-refractivity contribution is 5.81. The predicted molar refractivity (Wildman–Crippen MR) is 96.2 cm³/mol. The molecule has 7 heteroatoms. The van der Waals surface area contributed by atoms with Crippen molar-refractivity contribution in [2.24, 2.45) is 12.8 Å². The molecule has 1 aromatic carbocycles. The van der Waals surface area contributed by atoms with Crippen molar-refractivity contribution in [1.29, 1.82) is 0 Å². The van der Waals surface area contributed by atoms with Crippen LogP contribution in [0.2, 0.25) is 0 Å². The van der Waals surface area contributed by atoms with Crippen LogP contribution >= 0.6 is 0 Å². The van der Waals surface area contributed by atoms with Gasteiger partial charge in [0.25, 0.3) is 5.56 Å². The molecule has 1 amide bonds. The third-order valence-electron chi connectivity index (χ3n) is 4.54. The maximum absolute atomic E-state index is 12.3. The maximum atomic E-state index is 12.3. The van der Waals surface area contributed by atoms with Gasteiger partial charge in [-0.1, -0.05) is 30.3 Å². The average Bonchev–Trinajstić information content (AvgIpc) is 2.63. The number of anilines is 1. The number of carbonyl (C=O) groups excluding carboxylic acids is 1. The van der Waals surface area contributed by atoms with E-state index in [0.29, 0.717) is 12.4 Å². The number of piperidine rings is 1. The number of aryl methyl sites for hydroxylation is 1. The normalized spacial score (nSPS) is 18.8. The van der Waals surface area contributed by atoms with Gasteiger partial charge in [-0.2, -0.15) is 0 Å². The number of hydrogen-bond donors (Lipinski definition) is 2. The summed E-state index contributed by atoms with van der Waals surface area (Å²) < 4.78 is 1.52. The van der Waals surface area contributed by atoms with E-state index < -0.39 is 11.9 Å². The number of nitrogens with two attached hydrogens (primary N) is 1. The van der Waals surface area contributed by atoms with Crippen LogP contribution in [-0.2, 0) is 11.8 Å². The summed E-state index contributed by atoms with van der Waals surface area (Å²) in [7, 11) is 1.71. The van der Waals surface area contributed by atoms with Crippen LogP contribution in [0.3, 0.4) is 0 Å². The van der Waals surface area contributed by atoms with Gasteiger partial charge >= 0.3 is 0 Å². The van der Waals surface area contributed by atoms with Crippen LogP contribution in [0.15, 0.2) is 47.5 Å². The molecule has 2 atom stereocenters. The van der Waals surface area contributed by atoms with Gasteiger partial charge < -0.3 is 15.2 Å². The van der Waals surface area contributed by atoms with Crippen molar-refractivity contribution in [3.05, 3.63) is 58.6 Å². The molecule has 1 saturated heterocycles. The lowest BCUT2D eigenvalue weighted by molar-refractivity contribution is -0.120. The molecule has 132 valence electrons. The molecule has 3 N–H and O–H groups in total. The number of rotatable bonds is 5. The van der Waals surface area contributed by atoms with Crippen molar-refractivity contribution in [3.63, 3.8) is 0 Å². The Labute approximate surface area is 146 Å². The van der Waals surface area contributed by atoms with Gasteiger partial charge in [0.2, 0.25) is 5.91 Å². The minimum atomic E-state index is -0.544. The summed E-state index contributed by atoms with van der Waals surface area (Å²) in [6, 6.07) is 8.96. The Kier molecular flexibility index (Phi) is 5.14. The first kappa shape index (κ1) is 17.2. The van der Waals surface area contributed by atoms with Gasteiger partial charge in [-0.25, -0.2) is 4.98 Å². The van der Waals surface area contributed by atoms with Crippen LogP contribution in [0.1, 0.15) is 24.4 Å². The van der Waals surface area contributed by atoms with E-state index in [2.05, 4.69) is 10.3 Å². The zero-order chi connectivity index (χ0) is 17.8. The van der Waals surface area contributed by atoms with Gasteiger partial charge in [0.15, 0.2) is 5.82 Å². The highest BCUT2D eigenvalue weighted by Gasteiger charge is 2.27. The largest absolute Gasteiger partial charge is 0.368 e. The maximum Gasteiger partial charge on any atom is 0.293 e. The van der Waals surface area contributed by atoms with E-state index in [1.165, 1.54) is 4.57 Å². The fraction of sp³-hybridized carbons (Fsp3) is 0.389. The fourth-order valence-corrected chi connectivity index (χ4v) is 3.23. The minimum Gasteiger partial charge on any atom is -0.368 e. The Morgan fingerprint density at radius 3 is 2.84 bits per heavy atom. The van der Waals surface area contributed by atoms with E-state index in [9.17, 15) is 9.59 Å². The summed E-state index contributed by atoms with van der Waals surface area (Å²) in [5.74, 6) is 0.0453. The predicted octanol–water partition coefficient (Wildman–Crippen LogP) is 0.565. The molecule has 0 aliphatic carbocycles. The Morgan fingerprint density at radius 2 is 2.12 bits per heavy atom. The number of hydrogen-bond acceptors (Lipinski definition) is 5. The first-order chi connectivity index (χ1) is 12.1. The first-order valence-electron chi connectivity index (χ1n) is 8.43. The van der Waals surface area contributed by atoms with Gasteiger partial charge in [0.05, 0.1) is 0 Å². The average molecular weight is 341 g/mol. The second-order valence-corrected chi connectivity index (χ2v) is 6.36. The number of aromatic nitrogens is 2. The monoisotopic (exact) mass is 341 g/mol. The van der Waals surface area contributed by atoms with Gasteiger partial charge in [0.1, 0.15) is 6.04 Å². The lowest BCUT2D eigenvalue weighted by atomic mass is 10.0. The third-order valence-corrected chi connectivity index (χ3v) is 4.54. The number of amides is 1.